The number of nitrogen functional groups attached to an aromatic ring is 1. The third kappa shape index (κ3) is 3.07. The molecule has 0 atom stereocenters. The van der Waals surface area contributed by atoms with Crippen LogP contribution in [-0.2, 0) is 9.53 Å². The van der Waals surface area contributed by atoms with Gasteiger partial charge in [-0.3, -0.25) is 4.79 Å². The summed E-state index contributed by atoms with van der Waals surface area (Å²) in [6.45, 7) is 2.21. The number of ether oxygens (including phenoxy) is 1. The van der Waals surface area contributed by atoms with Crippen LogP contribution in [0.25, 0.3) is 16.3 Å². The fourth-order valence-corrected chi connectivity index (χ4v) is 2.29. The van der Waals surface area contributed by atoms with Crippen molar-refractivity contribution >= 4 is 38.7 Å². The van der Waals surface area contributed by atoms with Crippen molar-refractivity contribution in [3.8, 4) is 0 Å². The molecule has 0 amide bonds. The summed E-state index contributed by atoms with van der Waals surface area (Å²) in [5.74, 6) is -0.215. The minimum Gasteiger partial charge on any atom is -0.466 e. The summed E-state index contributed by atoms with van der Waals surface area (Å²) in [6, 6.07) is 5.90. The molecule has 0 aliphatic carbocycles. The number of nitrogens with zero attached hydrogens (tertiary/aromatic N) is 1. The number of hydrogen-bond acceptors (Lipinski definition) is 5. The summed E-state index contributed by atoms with van der Waals surface area (Å²) in [6.07, 6.45) is 3.95. The lowest BCUT2D eigenvalue weighted by Crippen LogP contribution is -2.01. The number of nitrogens with two attached hydrogens (primary N) is 1. The Morgan fingerprint density at radius 3 is 3.17 bits per heavy atom. The lowest BCUT2D eigenvalue weighted by Gasteiger charge is -1.97. The van der Waals surface area contributed by atoms with Gasteiger partial charge in [-0.1, -0.05) is 29.6 Å². The molecule has 0 aliphatic heterocycles. The molecule has 0 fully saturated rings. The van der Waals surface area contributed by atoms with Crippen LogP contribution in [0.4, 0.5) is 5.13 Å². The van der Waals surface area contributed by atoms with Gasteiger partial charge in [0, 0.05) is 0 Å². The van der Waals surface area contributed by atoms with Crippen molar-refractivity contribution in [2.24, 2.45) is 0 Å². The Labute approximate surface area is 109 Å². The average Bonchev–Trinajstić information content (AvgIpc) is 2.69. The van der Waals surface area contributed by atoms with Crippen LogP contribution >= 0.6 is 11.3 Å². The van der Waals surface area contributed by atoms with Crippen LogP contribution in [0, 0.1) is 0 Å². The molecule has 2 rings (SSSR count). The van der Waals surface area contributed by atoms with Gasteiger partial charge in [-0.05, 0) is 24.6 Å². The Morgan fingerprint density at radius 1 is 1.56 bits per heavy atom. The Bertz CT molecular complexity index is 590. The first-order valence-corrected chi connectivity index (χ1v) is 6.49. The quantitative estimate of drug-likeness (QED) is 0.860. The van der Waals surface area contributed by atoms with Gasteiger partial charge in [0.1, 0.15) is 0 Å². The maximum Gasteiger partial charge on any atom is 0.309 e. The van der Waals surface area contributed by atoms with E-state index in [2.05, 4.69) is 4.98 Å². The minimum absolute atomic E-state index is 0.215. The van der Waals surface area contributed by atoms with Crippen LogP contribution in [0.3, 0.4) is 0 Å². The first-order valence-electron chi connectivity index (χ1n) is 5.67. The van der Waals surface area contributed by atoms with Crippen molar-refractivity contribution in [2.45, 2.75) is 13.3 Å². The van der Waals surface area contributed by atoms with Crippen LogP contribution in [0.1, 0.15) is 18.9 Å². The fourth-order valence-electron chi connectivity index (χ4n) is 1.58. The summed E-state index contributed by atoms with van der Waals surface area (Å²) >= 11 is 1.46. The monoisotopic (exact) mass is 262 g/mol. The van der Waals surface area contributed by atoms with E-state index in [4.69, 9.17) is 10.5 Å². The smallest absolute Gasteiger partial charge is 0.309 e. The summed E-state index contributed by atoms with van der Waals surface area (Å²) in [5.41, 5.74) is 7.52. The van der Waals surface area contributed by atoms with Crippen molar-refractivity contribution in [3.05, 3.63) is 29.8 Å². The number of carbonyl (C=O) groups is 1. The zero-order chi connectivity index (χ0) is 13.0. The number of hydrogen-bond donors (Lipinski definition) is 1. The van der Waals surface area contributed by atoms with E-state index >= 15 is 0 Å². The van der Waals surface area contributed by atoms with E-state index in [-0.39, 0.29) is 12.4 Å². The molecule has 1 aromatic heterocycles. The molecule has 0 saturated heterocycles. The van der Waals surface area contributed by atoms with E-state index in [9.17, 15) is 4.79 Å². The molecule has 18 heavy (non-hydrogen) atoms. The Balaban J connectivity index is 2.07. The third-order valence-corrected chi connectivity index (χ3v) is 3.19. The Kier molecular flexibility index (Phi) is 3.94. The third-order valence-electron chi connectivity index (χ3n) is 2.33. The van der Waals surface area contributed by atoms with E-state index in [0.29, 0.717) is 11.7 Å². The van der Waals surface area contributed by atoms with Crippen LogP contribution in [0.5, 0.6) is 0 Å². The molecule has 0 saturated carbocycles. The number of rotatable bonds is 4. The highest BCUT2D eigenvalue weighted by atomic mass is 32.1. The van der Waals surface area contributed by atoms with Crippen LogP contribution < -0.4 is 5.73 Å². The molecule has 0 bridgehead atoms. The topological polar surface area (TPSA) is 65.2 Å². The van der Waals surface area contributed by atoms with Gasteiger partial charge in [0.2, 0.25) is 0 Å². The van der Waals surface area contributed by atoms with Crippen molar-refractivity contribution in [1.29, 1.82) is 0 Å². The van der Waals surface area contributed by atoms with Crippen LogP contribution in [0.2, 0.25) is 0 Å². The molecule has 0 spiro atoms. The maximum absolute atomic E-state index is 11.1. The second-order valence-corrected chi connectivity index (χ2v) is 4.75. The summed E-state index contributed by atoms with van der Waals surface area (Å²) < 4.78 is 5.90. The molecule has 1 aromatic carbocycles. The highest BCUT2D eigenvalue weighted by Gasteiger charge is 2.01. The van der Waals surface area contributed by atoms with Gasteiger partial charge in [0.25, 0.3) is 0 Å². The number of aromatic nitrogens is 1. The van der Waals surface area contributed by atoms with E-state index in [1.807, 2.05) is 24.3 Å². The second-order valence-electron chi connectivity index (χ2n) is 3.69. The summed E-state index contributed by atoms with van der Waals surface area (Å²) in [4.78, 5) is 15.4. The number of esters is 1. The molecular weight excluding hydrogens is 248 g/mol. The molecule has 94 valence electrons. The number of carbonyl (C=O) groups excluding carboxylic acids is 1. The number of fused-ring (bicyclic) bond motifs is 1. The molecule has 2 aromatic rings. The fraction of sp³-hybridized carbons (Fsp3) is 0.231. The number of thiazole rings is 1. The average molecular weight is 262 g/mol. The standard InChI is InChI=1S/C13H14N2O2S/c1-2-17-12(16)5-3-4-9-6-7-11-10(8-9)15-13(14)18-11/h3-4,6-8H,2,5H2,1H3,(H2,14,15). The molecular formula is C13H14N2O2S. The lowest BCUT2D eigenvalue weighted by atomic mass is 10.2. The molecule has 5 heteroatoms. The van der Waals surface area contributed by atoms with Gasteiger partial charge >= 0.3 is 5.97 Å². The van der Waals surface area contributed by atoms with E-state index < -0.39 is 0 Å². The van der Waals surface area contributed by atoms with Crippen molar-refractivity contribution < 1.29 is 9.53 Å². The number of anilines is 1. The molecule has 1 heterocycles. The second kappa shape index (κ2) is 5.64. The maximum atomic E-state index is 11.1. The number of benzene rings is 1. The lowest BCUT2D eigenvalue weighted by molar-refractivity contribution is -0.142. The molecule has 2 N–H and O–H groups in total. The van der Waals surface area contributed by atoms with Crippen LogP contribution in [-0.4, -0.2) is 17.6 Å². The predicted molar refractivity (Wildman–Crippen MR) is 74.3 cm³/mol. The minimum atomic E-state index is -0.215. The molecule has 0 unspecified atom stereocenters. The van der Waals surface area contributed by atoms with E-state index in [1.54, 1.807) is 13.0 Å². The summed E-state index contributed by atoms with van der Waals surface area (Å²) in [5, 5.41) is 0.567. The SMILES string of the molecule is CCOC(=O)CC=Cc1ccc2sc(N)nc2c1. The normalized spacial score (nSPS) is 11.2. The molecule has 4 nitrogen and oxygen atoms in total. The largest absolute Gasteiger partial charge is 0.466 e. The van der Waals surface area contributed by atoms with Crippen LogP contribution in [0.15, 0.2) is 24.3 Å². The summed E-state index contributed by atoms with van der Waals surface area (Å²) in [7, 11) is 0. The van der Waals surface area contributed by atoms with Crippen molar-refractivity contribution in [2.75, 3.05) is 12.3 Å². The van der Waals surface area contributed by atoms with E-state index in [1.165, 1.54) is 11.3 Å². The highest BCUT2D eigenvalue weighted by molar-refractivity contribution is 7.22. The predicted octanol–water partition coefficient (Wildman–Crippen LogP) is 2.84. The van der Waals surface area contributed by atoms with Gasteiger partial charge in [0.15, 0.2) is 5.13 Å². The van der Waals surface area contributed by atoms with E-state index in [0.717, 1.165) is 15.8 Å². The van der Waals surface area contributed by atoms with Gasteiger partial charge in [-0.25, -0.2) is 4.98 Å². The zero-order valence-corrected chi connectivity index (χ0v) is 10.9. The first-order chi connectivity index (χ1) is 8.69. The first kappa shape index (κ1) is 12.6. The molecule has 0 radical (unpaired) electrons. The molecule has 0 aliphatic rings. The zero-order valence-electron chi connectivity index (χ0n) is 10.1. The van der Waals surface area contributed by atoms with Gasteiger partial charge in [-0.15, -0.1) is 0 Å². The van der Waals surface area contributed by atoms with Crippen molar-refractivity contribution in [1.82, 2.24) is 4.98 Å². The van der Waals surface area contributed by atoms with Gasteiger partial charge < -0.3 is 10.5 Å². The van der Waals surface area contributed by atoms with Crippen molar-refractivity contribution in [3.63, 3.8) is 0 Å². The van der Waals surface area contributed by atoms with Gasteiger partial charge in [-0.2, -0.15) is 0 Å². The Hall–Kier alpha value is -1.88. The Morgan fingerprint density at radius 2 is 2.39 bits per heavy atom. The highest BCUT2D eigenvalue weighted by Crippen LogP contribution is 2.24. The van der Waals surface area contributed by atoms with Gasteiger partial charge in [0.05, 0.1) is 23.2 Å².